The van der Waals surface area contributed by atoms with Gasteiger partial charge in [0.1, 0.15) is 18.1 Å². The van der Waals surface area contributed by atoms with Crippen LogP contribution >= 0.6 is 0 Å². The third-order valence-corrected chi connectivity index (χ3v) is 8.74. The molecule has 0 aliphatic carbocycles. The number of β-amino-alcohol motifs (C(OH)–C–C–N with tert-alkyl or cyclic N) is 1. The number of unbranched alkanes of at least 4 members (excludes halogenated alkanes) is 8. The van der Waals surface area contributed by atoms with Gasteiger partial charge in [0.15, 0.2) is 5.72 Å². The van der Waals surface area contributed by atoms with Gasteiger partial charge in [0, 0.05) is 38.8 Å². The molecule has 13 nitrogen and oxygen atoms in total. The van der Waals surface area contributed by atoms with Gasteiger partial charge in [-0.15, -0.1) is 0 Å². The number of rotatable bonds is 16. The lowest BCUT2D eigenvalue weighted by Crippen LogP contribution is -2.61. The Morgan fingerprint density at radius 1 is 0.735 bits per heavy atom. The topological polar surface area (TPSA) is 172 Å². The quantitative estimate of drug-likeness (QED) is 0.129. The highest BCUT2D eigenvalue weighted by atomic mass is 16.5. The van der Waals surface area contributed by atoms with Crippen LogP contribution in [0.1, 0.15) is 76.7 Å². The lowest BCUT2D eigenvalue weighted by atomic mass is 10.0. The molecule has 0 spiro atoms. The second-order valence-corrected chi connectivity index (χ2v) is 12.8. The Kier molecular flexibility index (Phi) is 16.8. The summed E-state index contributed by atoms with van der Waals surface area (Å²) in [6.45, 7) is 2.06. The predicted octanol–water partition coefficient (Wildman–Crippen LogP) is 6.17. The van der Waals surface area contributed by atoms with Crippen LogP contribution in [0.5, 0.6) is 11.5 Å². The fourth-order valence-corrected chi connectivity index (χ4v) is 5.89. The van der Waals surface area contributed by atoms with Crippen molar-refractivity contribution in [2.24, 2.45) is 0 Å². The molecule has 0 bridgehead atoms. The SMILES string of the molecule is CC1(O)CN(C(=O)O)CCN(C(=O)O)CCNC(CCCCCCCCCCCOc2ccc(OCc3ccccc3)cc2)CN1C(=O)O. The van der Waals surface area contributed by atoms with Crippen molar-refractivity contribution in [3.05, 3.63) is 60.2 Å². The van der Waals surface area contributed by atoms with Gasteiger partial charge in [-0.25, -0.2) is 14.4 Å². The maximum Gasteiger partial charge on any atom is 0.409 e. The molecular formula is C36H54N4O9. The Balaban J connectivity index is 1.29. The van der Waals surface area contributed by atoms with Crippen LogP contribution in [-0.2, 0) is 6.61 Å². The first-order chi connectivity index (χ1) is 23.5. The molecule has 2 unspecified atom stereocenters. The summed E-state index contributed by atoms with van der Waals surface area (Å²) >= 11 is 0. The average Bonchev–Trinajstić information content (AvgIpc) is 3.07. The number of carboxylic acid groups (broad SMARTS) is 3. The van der Waals surface area contributed by atoms with Crippen molar-refractivity contribution in [2.45, 2.75) is 89.5 Å². The van der Waals surface area contributed by atoms with Crippen molar-refractivity contribution in [3.63, 3.8) is 0 Å². The Morgan fingerprint density at radius 2 is 1.29 bits per heavy atom. The Labute approximate surface area is 289 Å². The molecule has 3 amide bonds. The molecule has 0 saturated carbocycles. The van der Waals surface area contributed by atoms with Gasteiger partial charge in [-0.3, -0.25) is 4.90 Å². The molecule has 1 aliphatic rings. The zero-order valence-electron chi connectivity index (χ0n) is 28.7. The van der Waals surface area contributed by atoms with Crippen LogP contribution < -0.4 is 14.8 Å². The molecule has 2 atom stereocenters. The molecule has 272 valence electrons. The lowest BCUT2D eigenvalue weighted by molar-refractivity contribution is -0.0960. The van der Waals surface area contributed by atoms with Crippen molar-refractivity contribution >= 4 is 18.3 Å². The van der Waals surface area contributed by atoms with Crippen molar-refractivity contribution in [2.75, 3.05) is 45.9 Å². The fraction of sp³-hybridized carbons (Fsp3) is 0.583. The van der Waals surface area contributed by atoms with E-state index >= 15 is 0 Å². The molecule has 5 N–H and O–H groups in total. The molecule has 49 heavy (non-hydrogen) atoms. The smallest absolute Gasteiger partial charge is 0.409 e. The summed E-state index contributed by atoms with van der Waals surface area (Å²) in [6.07, 6.45) is 6.31. The first kappa shape index (κ1) is 39.2. The number of aliphatic hydroxyl groups is 1. The van der Waals surface area contributed by atoms with Crippen LogP contribution in [0.2, 0.25) is 0 Å². The largest absolute Gasteiger partial charge is 0.494 e. The van der Waals surface area contributed by atoms with E-state index in [0.29, 0.717) is 19.6 Å². The third kappa shape index (κ3) is 14.8. The van der Waals surface area contributed by atoms with Gasteiger partial charge in [-0.05, 0) is 49.6 Å². The first-order valence-corrected chi connectivity index (χ1v) is 17.4. The summed E-state index contributed by atoms with van der Waals surface area (Å²) in [4.78, 5) is 38.4. The van der Waals surface area contributed by atoms with Crippen molar-refractivity contribution < 1.29 is 44.3 Å². The summed E-state index contributed by atoms with van der Waals surface area (Å²) in [7, 11) is 0. The molecule has 1 fully saturated rings. The predicted molar refractivity (Wildman–Crippen MR) is 185 cm³/mol. The van der Waals surface area contributed by atoms with E-state index in [1.165, 1.54) is 6.92 Å². The summed E-state index contributed by atoms with van der Waals surface area (Å²) in [5.41, 5.74) is -0.865. The van der Waals surface area contributed by atoms with Crippen LogP contribution in [0.15, 0.2) is 54.6 Å². The number of nitrogens with zero attached hydrogens (tertiary/aromatic N) is 3. The summed E-state index contributed by atoms with van der Waals surface area (Å²) in [6, 6.07) is 17.5. The Morgan fingerprint density at radius 3 is 1.88 bits per heavy atom. The molecule has 0 radical (unpaired) electrons. The highest BCUT2D eigenvalue weighted by Crippen LogP contribution is 2.20. The normalized spacial score (nSPS) is 19.1. The van der Waals surface area contributed by atoms with Gasteiger partial charge in [0.2, 0.25) is 0 Å². The summed E-state index contributed by atoms with van der Waals surface area (Å²) in [5.74, 6) is 1.65. The van der Waals surface area contributed by atoms with Gasteiger partial charge in [-0.2, -0.15) is 0 Å². The number of benzene rings is 2. The van der Waals surface area contributed by atoms with E-state index in [2.05, 4.69) is 5.32 Å². The number of nitrogens with one attached hydrogen (secondary N) is 1. The van der Waals surface area contributed by atoms with Crippen molar-refractivity contribution in [3.8, 4) is 11.5 Å². The van der Waals surface area contributed by atoms with Gasteiger partial charge < -0.3 is 45.0 Å². The lowest BCUT2D eigenvalue weighted by Gasteiger charge is -2.40. The number of hydrogen-bond acceptors (Lipinski definition) is 7. The molecule has 3 rings (SSSR count). The molecular weight excluding hydrogens is 632 g/mol. The molecule has 1 heterocycles. The van der Waals surface area contributed by atoms with E-state index in [-0.39, 0.29) is 38.8 Å². The average molecular weight is 687 g/mol. The molecule has 1 saturated heterocycles. The fourth-order valence-electron chi connectivity index (χ4n) is 5.89. The van der Waals surface area contributed by atoms with Crippen molar-refractivity contribution in [1.82, 2.24) is 20.0 Å². The van der Waals surface area contributed by atoms with Crippen LogP contribution in [0, 0.1) is 0 Å². The second kappa shape index (κ2) is 21.0. The standard InChI is InChI=1S/C36H54N4O9/c1-36(47)28-39(34(43)44)24-23-38(33(41)42)22-21-37-30(26-40(36)35(45)46)16-12-7-5-3-2-4-6-8-13-25-48-31-17-19-32(20-18-31)49-27-29-14-10-9-11-15-29/h9-11,14-15,17-20,30,37,47H,2-8,12-13,16,21-28H2,1H3,(H,41,42)(H,43,44)(H,45,46). The summed E-state index contributed by atoms with van der Waals surface area (Å²) < 4.78 is 11.7. The second-order valence-electron chi connectivity index (χ2n) is 12.8. The summed E-state index contributed by atoms with van der Waals surface area (Å²) in [5, 5.41) is 43.3. The van der Waals surface area contributed by atoms with Gasteiger partial charge in [-0.1, -0.05) is 81.7 Å². The van der Waals surface area contributed by atoms with E-state index in [0.717, 1.165) is 89.5 Å². The number of hydrogen-bond donors (Lipinski definition) is 5. The monoisotopic (exact) mass is 686 g/mol. The number of ether oxygens (including phenoxy) is 2. The van der Waals surface area contributed by atoms with Crippen molar-refractivity contribution in [1.29, 1.82) is 0 Å². The zero-order chi connectivity index (χ0) is 35.5. The van der Waals surface area contributed by atoms with E-state index in [9.17, 15) is 34.8 Å². The maximum atomic E-state index is 12.1. The highest BCUT2D eigenvalue weighted by molar-refractivity contribution is 5.68. The van der Waals surface area contributed by atoms with Gasteiger partial charge in [0.25, 0.3) is 0 Å². The first-order valence-electron chi connectivity index (χ1n) is 17.4. The minimum Gasteiger partial charge on any atom is -0.494 e. The molecule has 2 aromatic rings. The van der Waals surface area contributed by atoms with E-state index < -0.39 is 30.5 Å². The van der Waals surface area contributed by atoms with E-state index in [1.54, 1.807) is 0 Å². The molecule has 2 aromatic carbocycles. The van der Waals surface area contributed by atoms with E-state index in [1.807, 2.05) is 54.6 Å². The third-order valence-electron chi connectivity index (χ3n) is 8.74. The number of carbonyl (C=O) groups is 3. The highest BCUT2D eigenvalue weighted by Gasteiger charge is 2.38. The minimum atomic E-state index is -1.99. The van der Waals surface area contributed by atoms with Crippen LogP contribution in [-0.4, -0.2) is 111 Å². The van der Waals surface area contributed by atoms with Crippen LogP contribution in [0.3, 0.4) is 0 Å². The van der Waals surface area contributed by atoms with Crippen LogP contribution in [0.25, 0.3) is 0 Å². The Hall–Kier alpha value is -4.23. The zero-order valence-corrected chi connectivity index (χ0v) is 28.7. The maximum absolute atomic E-state index is 12.1. The minimum absolute atomic E-state index is 0.0545. The molecule has 0 aromatic heterocycles. The number of amides is 3. The molecule has 13 heteroatoms. The van der Waals surface area contributed by atoms with Crippen LogP contribution in [0.4, 0.5) is 14.4 Å². The van der Waals surface area contributed by atoms with Gasteiger partial charge in [0.05, 0.1) is 13.2 Å². The van der Waals surface area contributed by atoms with Gasteiger partial charge >= 0.3 is 18.3 Å². The molecule has 1 aliphatic heterocycles. The van der Waals surface area contributed by atoms with E-state index in [4.69, 9.17) is 9.47 Å². The Bertz CT molecular complexity index is 1260.